The highest BCUT2D eigenvalue weighted by Crippen LogP contribution is 2.33. The Bertz CT molecular complexity index is 846. The van der Waals surface area contributed by atoms with E-state index in [-0.39, 0.29) is 18.1 Å². The SMILES string of the molecule is COCCNC(=O)[C@H]1C[C@@H]2CCN(Cc3ccncc3)C[C@H]2O1.O=C(O)C(F)(F)F.O=C(O)C(F)(F)F. The Morgan fingerprint density at radius 3 is 2.14 bits per heavy atom. The van der Waals surface area contributed by atoms with Gasteiger partial charge in [0, 0.05) is 39.1 Å². The predicted octanol–water partition coefficient (Wildman–Crippen LogP) is 2.09. The van der Waals surface area contributed by atoms with Crippen molar-refractivity contribution in [2.45, 2.75) is 43.9 Å². The van der Waals surface area contributed by atoms with E-state index in [0.717, 1.165) is 32.5 Å². The van der Waals surface area contributed by atoms with Gasteiger partial charge >= 0.3 is 24.3 Å². The van der Waals surface area contributed by atoms with Crippen LogP contribution in [0.4, 0.5) is 26.3 Å². The van der Waals surface area contributed by atoms with E-state index in [9.17, 15) is 31.1 Å². The van der Waals surface area contributed by atoms with Gasteiger partial charge in [0.2, 0.25) is 5.91 Å². The van der Waals surface area contributed by atoms with Gasteiger partial charge in [-0.15, -0.1) is 0 Å². The fourth-order valence-electron chi connectivity index (χ4n) is 3.44. The van der Waals surface area contributed by atoms with E-state index in [0.29, 0.717) is 19.1 Å². The van der Waals surface area contributed by atoms with Crippen LogP contribution in [0, 0.1) is 5.92 Å². The van der Waals surface area contributed by atoms with Gasteiger partial charge in [-0.2, -0.15) is 26.3 Å². The predicted molar refractivity (Wildman–Crippen MR) is 113 cm³/mol. The fraction of sp³-hybridized carbons (Fsp3) is 0.619. The summed E-state index contributed by atoms with van der Waals surface area (Å²) in [4.78, 5) is 36.4. The number of carboxylic acid groups (broad SMARTS) is 2. The van der Waals surface area contributed by atoms with Gasteiger partial charge in [-0.25, -0.2) is 9.59 Å². The number of carboxylic acids is 2. The molecule has 0 aromatic carbocycles. The topological polar surface area (TPSA) is 138 Å². The first-order valence-electron chi connectivity index (χ1n) is 10.8. The number of nitrogens with one attached hydrogen (secondary N) is 1. The molecule has 0 aliphatic carbocycles. The summed E-state index contributed by atoms with van der Waals surface area (Å²) in [7, 11) is 1.63. The summed E-state index contributed by atoms with van der Waals surface area (Å²) < 4.78 is 74.4. The maximum atomic E-state index is 12.1. The van der Waals surface area contributed by atoms with Crippen molar-refractivity contribution in [1.82, 2.24) is 15.2 Å². The molecule has 37 heavy (non-hydrogen) atoms. The lowest BCUT2D eigenvalue weighted by molar-refractivity contribution is -0.193. The summed E-state index contributed by atoms with van der Waals surface area (Å²) in [5, 5.41) is 17.1. The Labute approximate surface area is 207 Å². The Kier molecular flexibility index (Phi) is 12.7. The van der Waals surface area contributed by atoms with Gasteiger partial charge in [0.05, 0.1) is 12.7 Å². The highest BCUT2D eigenvalue weighted by molar-refractivity contribution is 5.81. The summed E-state index contributed by atoms with van der Waals surface area (Å²) in [6.45, 7) is 3.95. The van der Waals surface area contributed by atoms with Crippen LogP contribution in [-0.2, 0) is 30.4 Å². The second-order valence-corrected chi connectivity index (χ2v) is 7.93. The smallest absolute Gasteiger partial charge is 0.475 e. The Hall–Kier alpha value is -2.98. The number of hydrogen-bond acceptors (Lipinski definition) is 7. The number of hydrogen-bond donors (Lipinski definition) is 3. The van der Waals surface area contributed by atoms with Crippen molar-refractivity contribution in [2.75, 3.05) is 33.4 Å². The molecule has 3 N–H and O–H groups in total. The zero-order valence-electron chi connectivity index (χ0n) is 19.6. The number of alkyl halides is 6. The van der Waals surface area contributed by atoms with Crippen molar-refractivity contribution in [2.24, 2.45) is 5.92 Å². The largest absolute Gasteiger partial charge is 0.490 e. The molecule has 10 nitrogen and oxygen atoms in total. The number of likely N-dealkylation sites (tertiary alicyclic amines) is 1. The van der Waals surface area contributed by atoms with Crippen molar-refractivity contribution in [3.8, 4) is 0 Å². The number of rotatable bonds is 6. The maximum absolute atomic E-state index is 12.1. The molecule has 0 spiro atoms. The zero-order chi connectivity index (χ0) is 28.2. The van der Waals surface area contributed by atoms with Crippen molar-refractivity contribution >= 4 is 17.8 Å². The standard InChI is InChI=1S/C17H25N3O3.2C2HF3O2/c1-22-9-7-19-17(21)15-10-14-4-8-20(12-16(14)23-15)11-13-2-5-18-6-3-13;2*3-2(4,5)1(6)7/h2-3,5-6,14-16H,4,7-12H2,1H3,(H,19,21);2*(H,6,7)/t14-,15+,16+;;/m0../s1. The number of carbonyl (C=O) groups excluding carboxylic acids is 1. The molecule has 2 fully saturated rings. The number of carbonyl (C=O) groups is 3. The van der Waals surface area contributed by atoms with Gasteiger partial charge < -0.3 is 25.0 Å². The molecular formula is C21H27F6N3O7. The first-order valence-corrected chi connectivity index (χ1v) is 10.8. The molecule has 0 unspecified atom stereocenters. The highest BCUT2D eigenvalue weighted by Gasteiger charge is 2.42. The van der Waals surface area contributed by atoms with Crippen molar-refractivity contribution in [3.63, 3.8) is 0 Å². The molecule has 0 bridgehead atoms. The summed E-state index contributed by atoms with van der Waals surface area (Å²) >= 11 is 0. The molecule has 1 amide bonds. The molecule has 3 heterocycles. The van der Waals surface area contributed by atoms with Crippen LogP contribution >= 0.6 is 0 Å². The zero-order valence-corrected chi connectivity index (χ0v) is 19.6. The molecule has 1 aromatic rings. The normalized spacial score (nSPS) is 21.4. The summed E-state index contributed by atoms with van der Waals surface area (Å²) in [5.74, 6) is -5.01. The van der Waals surface area contributed by atoms with Crippen LogP contribution in [0.5, 0.6) is 0 Å². The summed E-state index contributed by atoms with van der Waals surface area (Å²) in [6.07, 6.45) is -4.71. The monoisotopic (exact) mass is 547 g/mol. The Balaban J connectivity index is 0.000000404. The average Bonchev–Trinajstić information content (AvgIpc) is 3.23. The van der Waals surface area contributed by atoms with E-state index < -0.39 is 24.3 Å². The Morgan fingerprint density at radius 2 is 1.65 bits per heavy atom. The quantitative estimate of drug-likeness (QED) is 0.361. The molecule has 2 aliphatic rings. The minimum absolute atomic E-state index is 0.00265. The third kappa shape index (κ3) is 12.2. The molecule has 2 saturated heterocycles. The van der Waals surface area contributed by atoms with Crippen LogP contribution in [0.15, 0.2) is 24.5 Å². The second kappa shape index (κ2) is 14.7. The van der Waals surface area contributed by atoms with E-state index >= 15 is 0 Å². The van der Waals surface area contributed by atoms with Crippen molar-refractivity contribution < 1.29 is 60.4 Å². The number of aliphatic carboxylic acids is 2. The number of nitrogens with zero attached hydrogens (tertiary/aromatic N) is 2. The van der Waals surface area contributed by atoms with E-state index in [4.69, 9.17) is 29.3 Å². The maximum Gasteiger partial charge on any atom is 0.490 e. The molecular weight excluding hydrogens is 520 g/mol. The minimum atomic E-state index is -5.08. The lowest BCUT2D eigenvalue weighted by Gasteiger charge is -2.34. The van der Waals surface area contributed by atoms with Gasteiger partial charge in [0.25, 0.3) is 0 Å². The number of aromatic nitrogens is 1. The molecule has 0 saturated carbocycles. The second-order valence-electron chi connectivity index (χ2n) is 7.93. The number of pyridine rings is 1. The number of piperidine rings is 1. The van der Waals surface area contributed by atoms with Gasteiger partial charge in [-0.3, -0.25) is 14.7 Å². The first kappa shape index (κ1) is 32.0. The van der Waals surface area contributed by atoms with Crippen LogP contribution in [0.25, 0.3) is 0 Å². The number of halogens is 6. The molecule has 3 rings (SSSR count). The van der Waals surface area contributed by atoms with Gasteiger partial charge in [-0.1, -0.05) is 0 Å². The molecule has 2 aliphatic heterocycles. The van der Waals surface area contributed by atoms with Gasteiger partial charge in [0.1, 0.15) is 6.10 Å². The Morgan fingerprint density at radius 1 is 1.11 bits per heavy atom. The van der Waals surface area contributed by atoms with Crippen LogP contribution in [-0.4, -0.2) is 95.9 Å². The first-order chi connectivity index (χ1) is 17.1. The van der Waals surface area contributed by atoms with Gasteiger partial charge in [0.15, 0.2) is 0 Å². The molecule has 210 valence electrons. The number of fused-ring (bicyclic) bond motifs is 1. The fourth-order valence-corrected chi connectivity index (χ4v) is 3.44. The third-order valence-corrected chi connectivity index (χ3v) is 5.17. The molecule has 16 heteroatoms. The molecule has 3 atom stereocenters. The van der Waals surface area contributed by atoms with Crippen LogP contribution in [0.3, 0.4) is 0 Å². The third-order valence-electron chi connectivity index (χ3n) is 5.17. The number of amides is 1. The van der Waals surface area contributed by atoms with Crippen LogP contribution in [0.1, 0.15) is 18.4 Å². The average molecular weight is 547 g/mol. The number of methoxy groups -OCH3 is 1. The van der Waals surface area contributed by atoms with Crippen LogP contribution < -0.4 is 5.32 Å². The van der Waals surface area contributed by atoms with E-state index in [1.807, 2.05) is 24.5 Å². The summed E-state index contributed by atoms with van der Waals surface area (Å²) in [5.41, 5.74) is 1.27. The molecule has 1 aromatic heterocycles. The van der Waals surface area contributed by atoms with E-state index in [1.165, 1.54) is 5.56 Å². The van der Waals surface area contributed by atoms with Crippen molar-refractivity contribution in [3.05, 3.63) is 30.1 Å². The van der Waals surface area contributed by atoms with Crippen LogP contribution in [0.2, 0.25) is 0 Å². The number of ether oxygens (including phenoxy) is 2. The van der Waals surface area contributed by atoms with E-state index in [2.05, 4.69) is 15.2 Å². The van der Waals surface area contributed by atoms with Gasteiger partial charge in [-0.05, 0) is 43.0 Å². The minimum Gasteiger partial charge on any atom is -0.475 e. The lowest BCUT2D eigenvalue weighted by Crippen LogP contribution is -2.42. The highest BCUT2D eigenvalue weighted by atomic mass is 19.4. The van der Waals surface area contributed by atoms with E-state index in [1.54, 1.807) is 7.11 Å². The lowest BCUT2D eigenvalue weighted by atomic mass is 9.91. The molecule has 0 radical (unpaired) electrons. The summed E-state index contributed by atoms with van der Waals surface area (Å²) in [6, 6.07) is 4.10. The van der Waals surface area contributed by atoms with Crippen molar-refractivity contribution in [1.29, 1.82) is 0 Å².